The van der Waals surface area contributed by atoms with Gasteiger partial charge >= 0.3 is 0 Å². The van der Waals surface area contributed by atoms with Crippen molar-refractivity contribution in [1.29, 1.82) is 0 Å². The number of rotatable bonds is 1. The summed E-state index contributed by atoms with van der Waals surface area (Å²) in [6, 6.07) is 11.0. The Labute approximate surface area is 77.8 Å². The molecule has 2 heteroatoms. The van der Waals surface area contributed by atoms with Crippen LogP contribution in [0.4, 0.5) is 0 Å². The number of hydrogen-bond acceptors (Lipinski definition) is 1. The summed E-state index contributed by atoms with van der Waals surface area (Å²) in [5.41, 5.74) is 0. The van der Waals surface area contributed by atoms with Crippen molar-refractivity contribution in [2.45, 2.75) is 6.42 Å². The predicted molar refractivity (Wildman–Crippen MR) is 57.1 cm³/mol. The lowest BCUT2D eigenvalue weighted by atomic mass is 10.4. The second kappa shape index (κ2) is 2.61. The fraction of sp³-hybridized carbons (Fsp3) is 0.200. The normalized spacial score (nSPS) is 25.8. The highest BCUT2D eigenvalue weighted by atomic mass is 32.2. The van der Waals surface area contributed by atoms with Gasteiger partial charge in [-0.15, -0.1) is 0 Å². The van der Waals surface area contributed by atoms with E-state index in [2.05, 4.69) is 30.3 Å². The number of hydrogen-bond donors (Lipinski definition) is 0. The van der Waals surface area contributed by atoms with Gasteiger partial charge in [-0.3, -0.25) is 0 Å². The van der Waals surface area contributed by atoms with Gasteiger partial charge in [-0.1, -0.05) is 42.1 Å². The van der Waals surface area contributed by atoms with Gasteiger partial charge in [-0.2, -0.15) is 0 Å². The summed E-state index contributed by atoms with van der Waals surface area (Å²) in [4.78, 5) is 1.70. The third-order valence-corrected chi connectivity index (χ3v) is 6.62. The van der Waals surface area contributed by atoms with Crippen molar-refractivity contribution in [3.63, 3.8) is 0 Å². The zero-order chi connectivity index (χ0) is 7.97. The zero-order valence-electron chi connectivity index (χ0n) is 6.66. The largest absolute Gasteiger partial charge is 0.0917 e. The fourth-order valence-electron chi connectivity index (χ4n) is 1.62. The van der Waals surface area contributed by atoms with Crippen LogP contribution in [0.1, 0.15) is 6.42 Å². The molecule has 12 heavy (non-hydrogen) atoms. The molecule has 0 aromatic heterocycles. The van der Waals surface area contributed by atoms with E-state index < -0.39 is 0 Å². The Morgan fingerprint density at radius 2 is 2.00 bits per heavy atom. The molecule has 0 radical (unpaired) electrons. The summed E-state index contributed by atoms with van der Waals surface area (Å²) in [6.07, 6.45) is 2.78. The van der Waals surface area contributed by atoms with E-state index in [0.29, 0.717) is 0 Å². The Balaban J connectivity index is 1.95. The molecule has 1 aromatic rings. The van der Waals surface area contributed by atoms with Crippen LogP contribution in [0.15, 0.2) is 39.9 Å². The van der Waals surface area contributed by atoms with Crippen molar-refractivity contribution in [3.8, 4) is 0 Å². The lowest BCUT2D eigenvalue weighted by Gasteiger charge is -2.10. The standard InChI is InChI=1S/C10H9PS/c1-2-4-8(5-3-1)11-7-6-9-10(11)12-9/h1-5H,6-7H2. The first-order chi connectivity index (χ1) is 5.95. The highest BCUT2D eigenvalue weighted by Gasteiger charge is 2.37. The first-order valence-corrected chi connectivity index (χ1v) is 6.53. The predicted octanol–water partition coefficient (Wildman–Crippen LogP) is 3.11. The summed E-state index contributed by atoms with van der Waals surface area (Å²) in [5.74, 6) is 0. The third kappa shape index (κ3) is 1.04. The number of thioether (sulfide) groups is 1. The van der Waals surface area contributed by atoms with Gasteiger partial charge in [0.05, 0.1) is 0 Å². The van der Waals surface area contributed by atoms with E-state index in [1.165, 1.54) is 12.6 Å². The molecule has 1 atom stereocenters. The Kier molecular flexibility index (Phi) is 1.56. The molecule has 0 aliphatic carbocycles. The zero-order valence-corrected chi connectivity index (χ0v) is 8.37. The van der Waals surface area contributed by atoms with E-state index in [-0.39, 0.29) is 7.92 Å². The minimum Gasteiger partial charge on any atom is -0.0917 e. The van der Waals surface area contributed by atoms with Crippen molar-refractivity contribution in [1.82, 2.24) is 0 Å². The molecule has 0 saturated carbocycles. The van der Waals surface area contributed by atoms with Gasteiger partial charge in [0.2, 0.25) is 0 Å². The van der Waals surface area contributed by atoms with Crippen LogP contribution < -0.4 is 5.30 Å². The van der Waals surface area contributed by atoms with Crippen molar-refractivity contribution in [3.05, 3.63) is 39.9 Å². The molecule has 0 amide bonds. The van der Waals surface area contributed by atoms with Crippen LogP contribution >= 0.6 is 19.7 Å². The Hall–Kier alpha value is -0.260. The molecule has 0 fully saturated rings. The van der Waals surface area contributed by atoms with Crippen LogP contribution in [-0.4, -0.2) is 6.16 Å². The smallest absolute Gasteiger partial charge is 0.0273 e. The van der Waals surface area contributed by atoms with Crippen LogP contribution in [0.2, 0.25) is 0 Å². The molecule has 2 heterocycles. The summed E-state index contributed by atoms with van der Waals surface area (Å²) >= 11 is 2.04. The van der Waals surface area contributed by atoms with Crippen molar-refractivity contribution in [2.24, 2.45) is 0 Å². The molecule has 1 aromatic carbocycles. The van der Waals surface area contributed by atoms with Gasteiger partial charge in [0, 0.05) is 9.55 Å². The van der Waals surface area contributed by atoms with Crippen LogP contribution in [0.25, 0.3) is 0 Å². The van der Waals surface area contributed by atoms with E-state index >= 15 is 0 Å². The van der Waals surface area contributed by atoms with Crippen LogP contribution in [0.5, 0.6) is 0 Å². The van der Waals surface area contributed by atoms with Gasteiger partial charge in [0.25, 0.3) is 0 Å². The van der Waals surface area contributed by atoms with Gasteiger partial charge < -0.3 is 0 Å². The van der Waals surface area contributed by atoms with Crippen molar-refractivity contribution >= 4 is 25.0 Å². The molecular weight excluding hydrogens is 183 g/mol. The highest BCUT2D eigenvalue weighted by molar-refractivity contribution is 8.21. The lowest BCUT2D eigenvalue weighted by Crippen LogP contribution is -1.99. The highest BCUT2D eigenvalue weighted by Crippen LogP contribution is 2.71. The third-order valence-electron chi connectivity index (χ3n) is 2.29. The van der Waals surface area contributed by atoms with E-state index in [9.17, 15) is 0 Å². The monoisotopic (exact) mass is 192 g/mol. The molecule has 0 saturated heterocycles. The molecule has 0 N–H and O–H groups in total. The maximum absolute atomic E-state index is 2.28. The molecule has 2 aliphatic rings. The van der Waals surface area contributed by atoms with E-state index in [4.69, 9.17) is 0 Å². The SMILES string of the molecule is c1ccc(P2CCC3=C2S3)cc1. The van der Waals surface area contributed by atoms with Crippen LogP contribution in [0.3, 0.4) is 0 Å². The Morgan fingerprint density at radius 3 is 2.58 bits per heavy atom. The first kappa shape index (κ1) is 7.17. The summed E-state index contributed by atoms with van der Waals surface area (Å²) in [5, 5.41) is 1.57. The molecule has 3 rings (SSSR count). The van der Waals surface area contributed by atoms with Crippen LogP contribution in [-0.2, 0) is 0 Å². The minimum absolute atomic E-state index is 0.115. The number of benzene rings is 1. The second-order valence-corrected chi connectivity index (χ2v) is 6.74. The van der Waals surface area contributed by atoms with Gasteiger partial charge in [0.15, 0.2) is 0 Å². The molecule has 0 bridgehead atoms. The van der Waals surface area contributed by atoms with Crippen molar-refractivity contribution in [2.75, 3.05) is 6.16 Å². The summed E-state index contributed by atoms with van der Waals surface area (Å²) in [7, 11) is 0.115. The van der Waals surface area contributed by atoms with Crippen molar-refractivity contribution < 1.29 is 0 Å². The van der Waals surface area contributed by atoms with E-state index in [1.54, 1.807) is 14.9 Å². The average Bonchev–Trinajstić information content (AvgIpc) is 2.80. The quantitative estimate of drug-likeness (QED) is 0.616. The molecule has 1 unspecified atom stereocenters. The molecular formula is C10H9PS. The average molecular weight is 192 g/mol. The Morgan fingerprint density at radius 1 is 1.17 bits per heavy atom. The molecule has 60 valence electrons. The van der Waals surface area contributed by atoms with Gasteiger partial charge in [0.1, 0.15) is 0 Å². The molecule has 0 spiro atoms. The minimum atomic E-state index is 0.115. The Bertz CT molecular complexity index is 342. The lowest BCUT2D eigenvalue weighted by molar-refractivity contribution is 1.25. The molecule has 0 nitrogen and oxygen atoms in total. The number of allylic oxidation sites excluding steroid dienone is 1. The maximum atomic E-state index is 2.28. The molecule has 2 aliphatic heterocycles. The second-order valence-electron chi connectivity index (χ2n) is 3.07. The van der Waals surface area contributed by atoms with Gasteiger partial charge in [-0.05, 0) is 25.8 Å². The maximum Gasteiger partial charge on any atom is 0.0273 e. The summed E-state index contributed by atoms with van der Waals surface area (Å²) < 4.78 is 1.73. The van der Waals surface area contributed by atoms with Crippen LogP contribution in [0, 0.1) is 0 Å². The van der Waals surface area contributed by atoms with E-state index in [1.807, 2.05) is 11.8 Å². The topological polar surface area (TPSA) is 0 Å². The first-order valence-electron chi connectivity index (χ1n) is 4.19. The fourth-order valence-corrected chi connectivity index (χ4v) is 6.04. The summed E-state index contributed by atoms with van der Waals surface area (Å²) in [6.45, 7) is 0. The van der Waals surface area contributed by atoms with E-state index in [0.717, 1.165) is 0 Å². The van der Waals surface area contributed by atoms with Gasteiger partial charge in [-0.25, -0.2) is 0 Å².